The van der Waals surface area contributed by atoms with Gasteiger partial charge in [-0.05, 0) is 30.5 Å². The second-order valence-electron chi connectivity index (χ2n) is 9.11. The quantitative estimate of drug-likeness (QED) is 0.453. The Kier molecular flexibility index (Phi) is 5.76. The summed E-state index contributed by atoms with van der Waals surface area (Å²) >= 11 is 0. The third kappa shape index (κ3) is 4.42. The van der Waals surface area contributed by atoms with Crippen molar-refractivity contribution < 1.29 is 0 Å². The number of likely N-dealkylation sites (tertiary alicyclic amines) is 1. The Morgan fingerprint density at radius 1 is 0.829 bits per heavy atom. The molecule has 1 radical (unpaired) electrons. The Morgan fingerprint density at radius 2 is 1.54 bits per heavy atom. The van der Waals surface area contributed by atoms with Gasteiger partial charge in [0.25, 0.3) is 0 Å². The van der Waals surface area contributed by atoms with Crippen LogP contribution in [0.15, 0.2) is 83.7 Å². The van der Waals surface area contributed by atoms with Crippen molar-refractivity contribution in [1.82, 2.24) is 20.1 Å². The van der Waals surface area contributed by atoms with E-state index in [1.807, 2.05) is 42.5 Å². The Hall–Kier alpha value is -3.97. The topological polar surface area (TPSA) is 77.2 Å². The number of para-hydroxylation sites is 2. The Morgan fingerprint density at radius 3 is 2.34 bits per heavy atom. The van der Waals surface area contributed by atoms with Crippen LogP contribution in [0.4, 0.5) is 11.4 Å². The summed E-state index contributed by atoms with van der Waals surface area (Å²) in [6.45, 7) is 5.16. The molecule has 0 saturated carbocycles. The monoisotopic (exact) mass is 463 g/mol. The number of H-pyrrole nitrogens is 1. The van der Waals surface area contributed by atoms with E-state index in [0.29, 0.717) is 17.4 Å². The molecular weight excluding hydrogens is 436 g/mol. The lowest BCUT2D eigenvalue weighted by atomic mass is 10.0. The first-order chi connectivity index (χ1) is 17.2. The van der Waals surface area contributed by atoms with Gasteiger partial charge in [-0.25, -0.2) is 9.89 Å². The molecule has 0 bridgehead atoms. The molecule has 1 aromatic heterocycles. The summed E-state index contributed by atoms with van der Waals surface area (Å²) in [6.07, 6.45) is 2.26. The Bertz CT molecular complexity index is 1360. The molecule has 0 unspecified atom stereocenters. The number of hydrogen-bond donors (Lipinski definition) is 2. The van der Waals surface area contributed by atoms with E-state index in [1.54, 1.807) is 0 Å². The summed E-state index contributed by atoms with van der Waals surface area (Å²) in [7, 11) is 0. The van der Waals surface area contributed by atoms with Gasteiger partial charge in [-0.1, -0.05) is 66.7 Å². The molecule has 0 amide bonds. The van der Waals surface area contributed by atoms with Crippen LogP contribution < -0.4 is 15.9 Å². The van der Waals surface area contributed by atoms with Gasteiger partial charge >= 0.3 is 5.69 Å². The smallest absolute Gasteiger partial charge is 0.360 e. The SMILES string of the molecule is O=c1nc(-c2ccc(CN3CCC(N4[CH]Nc5ccccc54)CC3)cc2)c(-c2ccccc2)n[nH]1. The number of fused-ring (bicyclic) bond motifs is 1. The van der Waals surface area contributed by atoms with Crippen LogP contribution in [0.3, 0.4) is 0 Å². The zero-order valence-electron chi connectivity index (χ0n) is 19.4. The molecule has 6 rings (SSSR count). The molecule has 7 heteroatoms. The molecule has 3 aromatic carbocycles. The largest absolute Gasteiger partial charge is 0.361 e. The summed E-state index contributed by atoms with van der Waals surface area (Å²) in [5, 5.41) is 10.1. The van der Waals surface area contributed by atoms with Crippen molar-refractivity contribution in [3.8, 4) is 22.5 Å². The van der Waals surface area contributed by atoms with E-state index in [2.05, 4.69) is 73.4 Å². The van der Waals surface area contributed by atoms with Crippen LogP contribution in [0, 0.1) is 6.67 Å². The second-order valence-corrected chi connectivity index (χ2v) is 9.11. The van der Waals surface area contributed by atoms with Crippen molar-refractivity contribution in [2.24, 2.45) is 0 Å². The minimum absolute atomic E-state index is 0.445. The fraction of sp³-hybridized carbons (Fsp3) is 0.214. The molecule has 2 aliphatic heterocycles. The molecule has 7 nitrogen and oxygen atoms in total. The maximum Gasteiger partial charge on any atom is 0.361 e. The molecule has 175 valence electrons. The average Bonchev–Trinajstić information content (AvgIpc) is 3.34. The summed E-state index contributed by atoms with van der Waals surface area (Å²) in [6, 6.07) is 27.2. The number of nitrogens with zero attached hydrogens (tertiary/aromatic N) is 4. The molecule has 3 heterocycles. The Labute approximate surface area is 204 Å². The molecule has 0 aliphatic carbocycles. The predicted octanol–water partition coefficient (Wildman–Crippen LogP) is 4.51. The maximum atomic E-state index is 11.9. The van der Waals surface area contributed by atoms with Gasteiger partial charge in [-0.2, -0.15) is 10.1 Å². The first kappa shape index (κ1) is 21.6. The fourth-order valence-corrected chi connectivity index (χ4v) is 5.05. The minimum atomic E-state index is -0.445. The molecule has 0 spiro atoms. The molecular formula is C28H27N6O. The lowest BCUT2D eigenvalue weighted by Crippen LogP contribution is -2.43. The van der Waals surface area contributed by atoms with Crippen LogP contribution >= 0.6 is 0 Å². The highest BCUT2D eigenvalue weighted by Crippen LogP contribution is 2.36. The highest BCUT2D eigenvalue weighted by Gasteiger charge is 2.29. The number of aromatic nitrogens is 3. The number of rotatable bonds is 5. The number of benzene rings is 3. The van der Waals surface area contributed by atoms with Crippen LogP contribution in [0.25, 0.3) is 22.5 Å². The van der Waals surface area contributed by atoms with Crippen LogP contribution in [-0.2, 0) is 6.54 Å². The zero-order chi connectivity index (χ0) is 23.6. The molecule has 2 N–H and O–H groups in total. The Balaban J connectivity index is 1.12. The van der Waals surface area contributed by atoms with Gasteiger partial charge < -0.3 is 10.2 Å². The van der Waals surface area contributed by atoms with Gasteiger partial charge in [-0.15, -0.1) is 0 Å². The fourth-order valence-electron chi connectivity index (χ4n) is 5.05. The number of nitrogens with one attached hydrogen (secondary N) is 2. The molecule has 0 atom stereocenters. The van der Waals surface area contributed by atoms with Crippen molar-refractivity contribution in [3.63, 3.8) is 0 Å². The number of piperidine rings is 1. The van der Waals surface area contributed by atoms with E-state index >= 15 is 0 Å². The predicted molar refractivity (Wildman–Crippen MR) is 139 cm³/mol. The summed E-state index contributed by atoms with van der Waals surface area (Å²) in [4.78, 5) is 21.1. The second kappa shape index (κ2) is 9.35. The van der Waals surface area contributed by atoms with Crippen LogP contribution in [0.5, 0.6) is 0 Å². The summed E-state index contributed by atoms with van der Waals surface area (Å²) in [5.41, 5.74) is 6.37. The van der Waals surface area contributed by atoms with E-state index in [-0.39, 0.29) is 0 Å². The van der Waals surface area contributed by atoms with Crippen molar-refractivity contribution in [2.45, 2.75) is 25.4 Å². The van der Waals surface area contributed by atoms with Crippen molar-refractivity contribution in [2.75, 3.05) is 23.3 Å². The molecule has 1 saturated heterocycles. The zero-order valence-corrected chi connectivity index (χ0v) is 19.4. The lowest BCUT2D eigenvalue weighted by molar-refractivity contribution is 0.204. The van der Waals surface area contributed by atoms with Crippen molar-refractivity contribution in [3.05, 3.63) is 102 Å². The molecule has 4 aromatic rings. The van der Waals surface area contributed by atoms with Gasteiger partial charge in [0.05, 0.1) is 11.4 Å². The van der Waals surface area contributed by atoms with E-state index in [0.717, 1.165) is 43.6 Å². The minimum Gasteiger partial charge on any atom is -0.360 e. The van der Waals surface area contributed by atoms with Crippen molar-refractivity contribution in [1.29, 1.82) is 0 Å². The normalized spacial score (nSPS) is 16.2. The first-order valence-electron chi connectivity index (χ1n) is 12.1. The van der Waals surface area contributed by atoms with Crippen LogP contribution in [0.2, 0.25) is 0 Å². The van der Waals surface area contributed by atoms with E-state index in [1.165, 1.54) is 16.9 Å². The summed E-state index contributed by atoms with van der Waals surface area (Å²) < 4.78 is 0. The van der Waals surface area contributed by atoms with Gasteiger partial charge in [0.15, 0.2) is 0 Å². The van der Waals surface area contributed by atoms with Gasteiger partial charge in [0, 0.05) is 36.8 Å². The van der Waals surface area contributed by atoms with Crippen LogP contribution in [-0.4, -0.2) is 39.2 Å². The van der Waals surface area contributed by atoms with E-state index in [9.17, 15) is 4.79 Å². The maximum absolute atomic E-state index is 11.9. The van der Waals surface area contributed by atoms with E-state index in [4.69, 9.17) is 0 Å². The average molecular weight is 464 g/mol. The molecule has 1 fully saturated rings. The van der Waals surface area contributed by atoms with Crippen LogP contribution in [0.1, 0.15) is 18.4 Å². The number of hydrogen-bond acceptors (Lipinski definition) is 6. The number of anilines is 2. The summed E-state index contributed by atoms with van der Waals surface area (Å²) in [5.74, 6) is 0. The van der Waals surface area contributed by atoms with Gasteiger partial charge in [-0.3, -0.25) is 4.90 Å². The van der Waals surface area contributed by atoms with Crippen molar-refractivity contribution >= 4 is 11.4 Å². The van der Waals surface area contributed by atoms with Gasteiger partial charge in [0.1, 0.15) is 18.1 Å². The third-order valence-electron chi connectivity index (χ3n) is 6.87. The van der Waals surface area contributed by atoms with Gasteiger partial charge in [0.2, 0.25) is 0 Å². The molecule has 2 aliphatic rings. The highest BCUT2D eigenvalue weighted by molar-refractivity contribution is 5.78. The highest BCUT2D eigenvalue weighted by atomic mass is 16.1. The number of aromatic amines is 1. The third-order valence-corrected chi connectivity index (χ3v) is 6.87. The lowest BCUT2D eigenvalue weighted by Gasteiger charge is -2.37. The molecule has 35 heavy (non-hydrogen) atoms. The standard InChI is InChI=1S/C28H27N6O/c35-28-30-26(27(31-32-28)21-6-2-1-3-7-21)22-12-10-20(11-13-22)18-33-16-14-23(15-17-33)34-19-29-24-8-4-5-9-25(24)34/h1-13,19,23,29H,14-18H2,(H,30,32,35). The van der Waals surface area contributed by atoms with E-state index < -0.39 is 5.69 Å². The first-order valence-corrected chi connectivity index (χ1v) is 12.1.